The fraction of sp³-hybridized carbons (Fsp3) is 0.500. The van der Waals surface area contributed by atoms with Crippen molar-refractivity contribution in [3.63, 3.8) is 0 Å². The van der Waals surface area contributed by atoms with Gasteiger partial charge in [-0.25, -0.2) is 10.2 Å². The van der Waals surface area contributed by atoms with Crippen LogP contribution in [-0.2, 0) is 4.74 Å². The Labute approximate surface area is 120 Å². The monoisotopic (exact) mass is 274 g/mol. The maximum absolute atomic E-state index is 11.0. The van der Waals surface area contributed by atoms with Crippen LogP contribution in [0.4, 0.5) is 4.79 Å². The second-order valence-corrected chi connectivity index (χ2v) is 5.26. The van der Waals surface area contributed by atoms with Gasteiger partial charge in [0.25, 0.3) is 0 Å². The third-order valence-electron chi connectivity index (χ3n) is 3.91. The van der Waals surface area contributed by atoms with Gasteiger partial charge in [-0.15, -0.1) is 0 Å². The number of benzene rings is 1. The number of rotatable bonds is 3. The predicted octanol–water partition coefficient (Wildman–Crippen LogP) is 3.81. The van der Waals surface area contributed by atoms with Crippen molar-refractivity contribution >= 4 is 11.8 Å². The van der Waals surface area contributed by atoms with E-state index in [4.69, 9.17) is 0 Å². The van der Waals surface area contributed by atoms with Gasteiger partial charge in [0.05, 0.1) is 12.8 Å². The first-order valence-corrected chi connectivity index (χ1v) is 7.19. The summed E-state index contributed by atoms with van der Waals surface area (Å²) in [5.41, 5.74) is 5.54. The SMILES string of the molecule is COC(=O)N/N=C(/C)c1ccc(C2CCCCC2)cc1. The molecule has 1 aliphatic rings. The summed E-state index contributed by atoms with van der Waals surface area (Å²) in [5.74, 6) is 0.711. The zero-order chi connectivity index (χ0) is 14.4. The first-order valence-electron chi connectivity index (χ1n) is 7.19. The molecular weight excluding hydrogens is 252 g/mol. The molecule has 108 valence electrons. The summed E-state index contributed by atoms with van der Waals surface area (Å²) in [6.07, 6.45) is 6.11. The van der Waals surface area contributed by atoms with Crippen LogP contribution in [0, 0.1) is 0 Å². The molecule has 1 aromatic rings. The second-order valence-electron chi connectivity index (χ2n) is 5.26. The smallest absolute Gasteiger partial charge is 0.427 e. The summed E-state index contributed by atoms with van der Waals surface area (Å²) in [4.78, 5) is 11.0. The quantitative estimate of drug-likeness (QED) is 0.673. The normalized spacial score (nSPS) is 16.8. The number of ether oxygens (including phenoxy) is 1. The van der Waals surface area contributed by atoms with E-state index in [2.05, 4.69) is 39.5 Å². The molecule has 0 saturated heterocycles. The number of nitrogens with one attached hydrogen (secondary N) is 1. The molecule has 1 amide bonds. The van der Waals surface area contributed by atoms with Gasteiger partial charge in [0, 0.05) is 0 Å². The average Bonchev–Trinajstić information content (AvgIpc) is 2.53. The average molecular weight is 274 g/mol. The molecule has 0 spiro atoms. The van der Waals surface area contributed by atoms with Gasteiger partial charge >= 0.3 is 6.09 Å². The van der Waals surface area contributed by atoms with Crippen LogP contribution in [0.25, 0.3) is 0 Å². The summed E-state index contributed by atoms with van der Waals surface area (Å²) < 4.78 is 4.48. The van der Waals surface area contributed by atoms with Gasteiger partial charge in [0.2, 0.25) is 0 Å². The maximum Gasteiger partial charge on any atom is 0.427 e. The summed E-state index contributed by atoms with van der Waals surface area (Å²) in [6, 6.07) is 8.51. The Morgan fingerprint density at radius 1 is 1.20 bits per heavy atom. The van der Waals surface area contributed by atoms with E-state index in [1.165, 1.54) is 44.8 Å². The van der Waals surface area contributed by atoms with Crippen molar-refractivity contribution in [3.05, 3.63) is 35.4 Å². The molecule has 4 nitrogen and oxygen atoms in total. The summed E-state index contributed by atoms with van der Waals surface area (Å²) >= 11 is 0. The zero-order valence-electron chi connectivity index (χ0n) is 12.2. The van der Waals surface area contributed by atoms with Gasteiger partial charge in [0.15, 0.2) is 0 Å². The van der Waals surface area contributed by atoms with Crippen LogP contribution >= 0.6 is 0 Å². The number of nitrogens with zero attached hydrogens (tertiary/aromatic N) is 1. The van der Waals surface area contributed by atoms with Crippen LogP contribution in [0.3, 0.4) is 0 Å². The van der Waals surface area contributed by atoms with Crippen molar-refractivity contribution in [2.45, 2.75) is 44.9 Å². The van der Waals surface area contributed by atoms with E-state index in [-0.39, 0.29) is 0 Å². The van der Waals surface area contributed by atoms with E-state index in [0.29, 0.717) is 5.92 Å². The van der Waals surface area contributed by atoms with Gasteiger partial charge in [-0.2, -0.15) is 5.10 Å². The minimum absolute atomic E-state index is 0.553. The highest BCUT2D eigenvalue weighted by Crippen LogP contribution is 2.32. The van der Waals surface area contributed by atoms with E-state index < -0.39 is 6.09 Å². The molecule has 2 rings (SSSR count). The van der Waals surface area contributed by atoms with E-state index in [1.54, 1.807) is 0 Å². The molecule has 0 aliphatic heterocycles. The lowest BCUT2D eigenvalue weighted by molar-refractivity contribution is 0.171. The van der Waals surface area contributed by atoms with Crippen LogP contribution in [0.5, 0.6) is 0 Å². The van der Waals surface area contributed by atoms with E-state index in [0.717, 1.165) is 11.3 Å². The van der Waals surface area contributed by atoms with Crippen LogP contribution < -0.4 is 5.43 Å². The largest absolute Gasteiger partial charge is 0.452 e. The number of hydrazone groups is 1. The molecule has 1 saturated carbocycles. The minimum atomic E-state index is -0.553. The van der Waals surface area contributed by atoms with Gasteiger partial charge in [-0.05, 0) is 36.8 Å². The Balaban J connectivity index is 2.01. The fourth-order valence-corrected chi connectivity index (χ4v) is 2.67. The lowest BCUT2D eigenvalue weighted by Gasteiger charge is -2.22. The molecule has 0 atom stereocenters. The first-order chi connectivity index (χ1) is 9.70. The first kappa shape index (κ1) is 14.6. The van der Waals surface area contributed by atoms with Crippen molar-refractivity contribution in [2.75, 3.05) is 7.11 Å². The molecule has 0 radical (unpaired) electrons. The van der Waals surface area contributed by atoms with Crippen molar-refractivity contribution in [2.24, 2.45) is 5.10 Å². The van der Waals surface area contributed by atoms with Gasteiger partial charge in [-0.3, -0.25) is 0 Å². The Kier molecular flexibility index (Phi) is 5.16. The van der Waals surface area contributed by atoms with Gasteiger partial charge < -0.3 is 4.74 Å². The molecular formula is C16H22N2O2. The number of methoxy groups -OCH3 is 1. The molecule has 0 bridgehead atoms. The Hall–Kier alpha value is -1.84. The Morgan fingerprint density at radius 3 is 2.45 bits per heavy atom. The van der Waals surface area contributed by atoms with Crippen LogP contribution in [0.15, 0.2) is 29.4 Å². The second kappa shape index (κ2) is 7.08. The van der Waals surface area contributed by atoms with Gasteiger partial charge in [0.1, 0.15) is 0 Å². The van der Waals surface area contributed by atoms with Crippen LogP contribution in [0.2, 0.25) is 0 Å². The summed E-state index contributed by atoms with van der Waals surface area (Å²) in [5, 5.41) is 4.00. The molecule has 4 heteroatoms. The molecule has 0 unspecified atom stereocenters. The summed E-state index contributed by atoms with van der Waals surface area (Å²) in [6.45, 7) is 1.87. The van der Waals surface area contributed by atoms with Gasteiger partial charge in [-0.1, -0.05) is 43.5 Å². The van der Waals surface area contributed by atoms with Crippen molar-refractivity contribution < 1.29 is 9.53 Å². The van der Waals surface area contributed by atoms with Crippen LogP contribution in [-0.4, -0.2) is 18.9 Å². The fourth-order valence-electron chi connectivity index (χ4n) is 2.67. The standard InChI is InChI=1S/C16H22N2O2/c1-12(17-18-16(19)20-2)13-8-10-15(11-9-13)14-6-4-3-5-7-14/h8-11,14H,3-7H2,1-2H3,(H,18,19)/b17-12-. The summed E-state index contributed by atoms with van der Waals surface area (Å²) in [7, 11) is 1.32. The van der Waals surface area contributed by atoms with E-state index >= 15 is 0 Å². The highest BCUT2D eigenvalue weighted by Gasteiger charge is 2.15. The van der Waals surface area contributed by atoms with Crippen molar-refractivity contribution in [3.8, 4) is 0 Å². The molecule has 1 aliphatic carbocycles. The minimum Gasteiger partial charge on any atom is -0.452 e. The molecule has 1 N–H and O–H groups in total. The maximum atomic E-state index is 11.0. The molecule has 1 fully saturated rings. The van der Waals surface area contributed by atoms with E-state index in [1.807, 2.05) is 6.92 Å². The third-order valence-corrected chi connectivity index (χ3v) is 3.91. The number of hydrogen-bond acceptors (Lipinski definition) is 3. The predicted molar refractivity (Wildman–Crippen MR) is 80.0 cm³/mol. The Morgan fingerprint density at radius 2 is 1.85 bits per heavy atom. The third kappa shape index (κ3) is 3.83. The topological polar surface area (TPSA) is 50.7 Å². The zero-order valence-corrected chi connectivity index (χ0v) is 12.2. The number of carbonyl (C=O) groups is 1. The number of carbonyl (C=O) groups excluding carboxylic acids is 1. The van der Waals surface area contributed by atoms with E-state index in [9.17, 15) is 4.79 Å². The number of hydrogen-bond donors (Lipinski definition) is 1. The Bertz CT molecular complexity index is 474. The van der Waals surface area contributed by atoms with Crippen LogP contribution in [0.1, 0.15) is 56.1 Å². The van der Waals surface area contributed by atoms with Crippen molar-refractivity contribution in [1.29, 1.82) is 0 Å². The molecule has 20 heavy (non-hydrogen) atoms. The molecule has 1 aromatic carbocycles. The van der Waals surface area contributed by atoms with Crippen molar-refractivity contribution in [1.82, 2.24) is 5.43 Å². The number of amides is 1. The lowest BCUT2D eigenvalue weighted by atomic mass is 9.84. The highest BCUT2D eigenvalue weighted by atomic mass is 16.5. The molecule has 0 heterocycles. The highest BCUT2D eigenvalue weighted by molar-refractivity contribution is 5.99. The molecule has 0 aromatic heterocycles. The lowest BCUT2D eigenvalue weighted by Crippen LogP contribution is -2.18.